The monoisotopic (exact) mass is 209 g/mol. The quantitative estimate of drug-likeness (QED) is 0.516. The van der Waals surface area contributed by atoms with Crippen LogP contribution >= 0.6 is 0 Å². The summed E-state index contributed by atoms with van der Waals surface area (Å²) >= 11 is 0. The summed E-state index contributed by atoms with van der Waals surface area (Å²) in [4.78, 5) is 0. The SMILES string of the molecule is OCc1ccccc1.ONC1CC=CC1.[HH]. The zero-order valence-electron chi connectivity index (χ0n) is 8.63. The van der Waals surface area contributed by atoms with Crippen LogP contribution in [0, 0.1) is 0 Å². The molecule has 1 aromatic carbocycles. The highest BCUT2D eigenvalue weighted by molar-refractivity contribution is 5.12. The van der Waals surface area contributed by atoms with Crippen molar-refractivity contribution >= 4 is 0 Å². The molecule has 84 valence electrons. The Kier molecular flexibility index (Phi) is 5.70. The Balaban J connectivity index is 0.000000267. The Bertz CT molecular complexity index is 282. The van der Waals surface area contributed by atoms with Gasteiger partial charge in [-0.1, -0.05) is 42.5 Å². The summed E-state index contributed by atoms with van der Waals surface area (Å²) in [5.74, 6) is 0. The molecule has 0 atom stereocenters. The van der Waals surface area contributed by atoms with Crippen LogP contribution in [0.5, 0.6) is 0 Å². The van der Waals surface area contributed by atoms with Gasteiger partial charge in [0, 0.05) is 7.47 Å². The lowest BCUT2D eigenvalue weighted by atomic mass is 10.2. The van der Waals surface area contributed by atoms with E-state index < -0.39 is 0 Å². The van der Waals surface area contributed by atoms with Crippen molar-refractivity contribution in [1.82, 2.24) is 5.48 Å². The maximum Gasteiger partial charge on any atom is 0.0681 e. The summed E-state index contributed by atoms with van der Waals surface area (Å²) < 4.78 is 0. The minimum Gasteiger partial charge on any atom is -0.392 e. The first-order valence-electron chi connectivity index (χ1n) is 5.06. The number of hydroxylamine groups is 1. The number of rotatable bonds is 2. The molecule has 0 radical (unpaired) electrons. The van der Waals surface area contributed by atoms with Gasteiger partial charge < -0.3 is 10.3 Å². The molecule has 0 heterocycles. The third kappa shape index (κ3) is 4.74. The molecule has 2 rings (SSSR count). The largest absolute Gasteiger partial charge is 0.392 e. The van der Waals surface area contributed by atoms with Crippen LogP contribution in [-0.2, 0) is 6.61 Å². The van der Waals surface area contributed by atoms with E-state index in [1.165, 1.54) is 0 Å². The number of hydrogen-bond donors (Lipinski definition) is 3. The van der Waals surface area contributed by atoms with Crippen molar-refractivity contribution in [2.45, 2.75) is 25.5 Å². The molecule has 1 aromatic rings. The summed E-state index contributed by atoms with van der Waals surface area (Å²) in [5, 5.41) is 16.8. The average Bonchev–Trinajstić information content (AvgIpc) is 2.84. The second-order valence-corrected chi connectivity index (χ2v) is 3.41. The minimum atomic E-state index is 0. The van der Waals surface area contributed by atoms with Gasteiger partial charge in [-0.25, -0.2) is 5.48 Å². The molecule has 1 aliphatic carbocycles. The summed E-state index contributed by atoms with van der Waals surface area (Å²) in [6.07, 6.45) is 6.06. The van der Waals surface area contributed by atoms with E-state index in [0.29, 0.717) is 6.04 Å². The van der Waals surface area contributed by atoms with Crippen LogP contribution in [0.25, 0.3) is 0 Å². The Labute approximate surface area is 91.5 Å². The molecule has 3 N–H and O–H groups in total. The van der Waals surface area contributed by atoms with Gasteiger partial charge in [0.15, 0.2) is 0 Å². The fraction of sp³-hybridized carbons (Fsp3) is 0.333. The molecule has 0 fully saturated rings. The Morgan fingerprint density at radius 3 is 2.13 bits per heavy atom. The molecule has 3 heteroatoms. The van der Waals surface area contributed by atoms with Gasteiger partial charge in [-0.15, -0.1) is 0 Å². The summed E-state index contributed by atoms with van der Waals surface area (Å²) in [6.45, 7) is 0.140. The van der Waals surface area contributed by atoms with Crippen molar-refractivity contribution in [3.8, 4) is 0 Å². The third-order valence-electron chi connectivity index (χ3n) is 2.22. The first-order chi connectivity index (χ1) is 7.36. The highest BCUT2D eigenvalue weighted by Crippen LogP contribution is 2.07. The Hall–Kier alpha value is -1.16. The molecule has 0 aromatic heterocycles. The fourth-order valence-electron chi connectivity index (χ4n) is 1.31. The molecular formula is C12H19NO2. The summed E-state index contributed by atoms with van der Waals surface area (Å²) in [6, 6.07) is 9.82. The van der Waals surface area contributed by atoms with Crippen molar-refractivity contribution in [2.24, 2.45) is 0 Å². The maximum atomic E-state index is 8.54. The Morgan fingerprint density at radius 1 is 1.20 bits per heavy atom. The van der Waals surface area contributed by atoms with Gasteiger partial charge >= 0.3 is 0 Å². The van der Waals surface area contributed by atoms with E-state index >= 15 is 0 Å². The average molecular weight is 209 g/mol. The molecule has 0 saturated heterocycles. The lowest BCUT2D eigenvalue weighted by Crippen LogP contribution is -2.21. The van der Waals surface area contributed by atoms with E-state index in [4.69, 9.17) is 10.3 Å². The van der Waals surface area contributed by atoms with Gasteiger partial charge in [0.25, 0.3) is 0 Å². The molecular weight excluding hydrogens is 190 g/mol. The zero-order valence-corrected chi connectivity index (χ0v) is 8.63. The van der Waals surface area contributed by atoms with Crippen molar-refractivity contribution in [2.75, 3.05) is 0 Å². The van der Waals surface area contributed by atoms with Gasteiger partial charge in [0.05, 0.1) is 6.61 Å². The number of nitrogens with one attached hydrogen (secondary N) is 1. The number of aliphatic hydroxyl groups excluding tert-OH is 1. The van der Waals surface area contributed by atoms with E-state index in [0.717, 1.165) is 18.4 Å². The van der Waals surface area contributed by atoms with Gasteiger partial charge in [-0.3, -0.25) is 0 Å². The highest BCUT2D eigenvalue weighted by atomic mass is 16.5. The van der Waals surface area contributed by atoms with Crippen molar-refractivity contribution in [1.29, 1.82) is 0 Å². The maximum absolute atomic E-state index is 8.54. The molecule has 15 heavy (non-hydrogen) atoms. The van der Waals surface area contributed by atoms with E-state index in [2.05, 4.69) is 17.6 Å². The topological polar surface area (TPSA) is 52.5 Å². The van der Waals surface area contributed by atoms with E-state index in [1.807, 2.05) is 30.3 Å². The third-order valence-corrected chi connectivity index (χ3v) is 2.22. The smallest absolute Gasteiger partial charge is 0.0681 e. The molecule has 3 nitrogen and oxygen atoms in total. The molecule has 0 amide bonds. The lowest BCUT2D eigenvalue weighted by Gasteiger charge is -2.01. The van der Waals surface area contributed by atoms with Gasteiger partial charge in [0.1, 0.15) is 0 Å². The lowest BCUT2D eigenvalue weighted by molar-refractivity contribution is 0.130. The first-order valence-corrected chi connectivity index (χ1v) is 5.06. The van der Waals surface area contributed by atoms with E-state index in [1.54, 1.807) is 0 Å². The summed E-state index contributed by atoms with van der Waals surface area (Å²) in [5.41, 5.74) is 3.17. The van der Waals surface area contributed by atoms with Crippen LogP contribution in [-0.4, -0.2) is 16.4 Å². The molecule has 0 spiro atoms. The predicted octanol–water partition coefficient (Wildman–Crippen LogP) is 2.11. The van der Waals surface area contributed by atoms with Crippen molar-refractivity contribution < 1.29 is 11.7 Å². The number of aliphatic hydroxyl groups is 1. The van der Waals surface area contributed by atoms with Crippen LogP contribution in [0.3, 0.4) is 0 Å². The standard InChI is InChI=1S/C7H8O.C5H9NO.H2/c8-6-7-4-2-1-3-5-7;7-6-5-3-1-2-4-5;/h1-5,8H,6H2;1-2,5-7H,3-4H2;1H. The number of benzene rings is 1. The molecule has 0 saturated carbocycles. The molecule has 0 unspecified atom stereocenters. The second-order valence-electron chi connectivity index (χ2n) is 3.41. The molecule has 0 aliphatic heterocycles. The van der Waals surface area contributed by atoms with Gasteiger partial charge in [-0.05, 0) is 18.4 Å². The van der Waals surface area contributed by atoms with Crippen LogP contribution in [0.1, 0.15) is 19.8 Å². The zero-order chi connectivity index (χ0) is 10.9. The second kappa shape index (κ2) is 7.17. The van der Waals surface area contributed by atoms with E-state index in [-0.39, 0.29) is 8.03 Å². The van der Waals surface area contributed by atoms with Crippen molar-refractivity contribution in [3.05, 3.63) is 48.0 Å². The van der Waals surface area contributed by atoms with Crippen LogP contribution in [0.2, 0.25) is 0 Å². The molecule has 1 aliphatic rings. The van der Waals surface area contributed by atoms with Gasteiger partial charge in [0.2, 0.25) is 0 Å². The van der Waals surface area contributed by atoms with Crippen molar-refractivity contribution in [3.63, 3.8) is 0 Å². The summed E-state index contributed by atoms with van der Waals surface area (Å²) in [7, 11) is 0. The fourth-order valence-corrected chi connectivity index (χ4v) is 1.31. The highest BCUT2D eigenvalue weighted by Gasteiger charge is 2.05. The van der Waals surface area contributed by atoms with Crippen LogP contribution in [0.15, 0.2) is 42.5 Å². The number of hydrogen-bond acceptors (Lipinski definition) is 3. The van der Waals surface area contributed by atoms with Gasteiger partial charge in [-0.2, -0.15) is 0 Å². The normalized spacial score (nSPS) is 14.8. The van der Waals surface area contributed by atoms with E-state index in [9.17, 15) is 0 Å². The molecule has 0 bridgehead atoms. The van der Waals surface area contributed by atoms with Crippen LogP contribution < -0.4 is 5.48 Å². The Morgan fingerprint density at radius 2 is 1.80 bits per heavy atom. The minimum absolute atomic E-state index is 0. The first kappa shape index (κ1) is 11.9. The van der Waals surface area contributed by atoms with Crippen LogP contribution in [0.4, 0.5) is 0 Å². The predicted molar refractivity (Wildman–Crippen MR) is 61.6 cm³/mol.